The van der Waals surface area contributed by atoms with E-state index < -0.39 is 0 Å². The maximum atomic E-state index is 5.82. The molecule has 2 aromatic heterocycles. The van der Waals surface area contributed by atoms with Gasteiger partial charge < -0.3 is 14.2 Å². The Kier molecular flexibility index (Phi) is 3.20. The molecule has 0 bridgehead atoms. The van der Waals surface area contributed by atoms with E-state index in [1.54, 1.807) is 0 Å². The van der Waals surface area contributed by atoms with Gasteiger partial charge in [-0.1, -0.05) is 11.6 Å². The quantitative estimate of drug-likeness (QED) is 0.825. The maximum Gasteiger partial charge on any atom is 0.162 e. The van der Waals surface area contributed by atoms with Crippen LogP contribution in [0.3, 0.4) is 0 Å². The average molecular weight is 267 g/mol. The highest BCUT2D eigenvalue weighted by Gasteiger charge is 2.18. The number of likely N-dealkylation sites (N-methyl/N-ethyl adjacent to an activating group) is 1. The highest BCUT2D eigenvalue weighted by molar-refractivity contribution is 6.29. The van der Waals surface area contributed by atoms with E-state index in [9.17, 15) is 0 Å². The summed E-state index contributed by atoms with van der Waals surface area (Å²) in [5, 5.41) is 9.47. The first kappa shape index (κ1) is 11.9. The Morgan fingerprint density at radius 1 is 1.50 bits per heavy atom. The summed E-state index contributed by atoms with van der Waals surface area (Å²) in [6, 6.07) is 3.83. The lowest BCUT2D eigenvalue weighted by atomic mass is 10.3. The van der Waals surface area contributed by atoms with E-state index in [1.165, 1.54) is 0 Å². The van der Waals surface area contributed by atoms with Gasteiger partial charge in [-0.3, -0.25) is 0 Å². The summed E-state index contributed by atoms with van der Waals surface area (Å²) in [6.45, 7) is 3.53. The van der Waals surface area contributed by atoms with Crippen molar-refractivity contribution in [3.63, 3.8) is 0 Å². The van der Waals surface area contributed by atoms with Crippen LogP contribution in [-0.4, -0.2) is 52.5 Å². The summed E-state index contributed by atoms with van der Waals surface area (Å²) in [5.74, 6) is 0. The van der Waals surface area contributed by atoms with Gasteiger partial charge >= 0.3 is 0 Å². The Morgan fingerprint density at radius 3 is 3.22 bits per heavy atom. The molecule has 18 heavy (non-hydrogen) atoms. The molecule has 1 atom stereocenters. The molecule has 1 aliphatic heterocycles. The van der Waals surface area contributed by atoms with Crippen LogP contribution < -0.4 is 0 Å². The van der Waals surface area contributed by atoms with Crippen molar-refractivity contribution >= 4 is 22.6 Å². The van der Waals surface area contributed by atoms with Gasteiger partial charge in [0, 0.05) is 24.7 Å². The van der Waals surface area contributed by atoms with Crippen molar-refractivity contribution in [1.82, 2.24) is 19.7 Å². The summed E-state index contributed by atoms with van der Waals surface area (Å²) >= 11 is 5.82. The number of hydrogen-bond acceptors (Lipinski definition) is 4. The predicted octanol–water partition coefficient (Wildman–Crippen LogP) is 1.42. The summed E-state index contributed by atoms with van der Waals surface area (Å²) < 4.78 is 7.83. The third kappa shape index (κ3) is 2.34. The topological polar surface area (TPSA) is 43.2 Å². The highest BCUT2D eigenvalue weighted by atomic mass is 35.5. The SMILES string of the molecule is CN1CCOC(Cn2ccc3cc(Cl)nnc32)C1. The normalized spacial score (nSPS) is 21.6. The number of halogens is 1. The minimum Gasteiger partial charge on any atom is -0.374 e. The first-order valence-corrected chi connectivity index (χ1v) is 6.38. The second kappa shape index (κ2) is 4.84. The van der Waals surface area contributed by atoms with Crippen LogP contribution in [0, 0.1) is 0 Å². The van der Waals surface area contributed by atoms with Gasteiger partial charge in [-0.25, -0.2) is 0 Å². The first-order chi connectivity index (χ1) is 8.72. The van der Waals surface area contributed by atoms with Crippen LogP contribution in [0.5, 0.6) is 0 Å². The van der Waals surface area contributed by atoms with Gasteiger partial charge in [-0.15, -0.1) is 10.2 Å². The Bertz CT molecular complexity index is 556. The number of aromatic nitrogens is 3. The molecule has 1 fully saturated rings. The van der Waals surface area contributed by atoms with E-state index in [0.717, 1.165) is 37.3 Å². The molecule has 5 nitrogen and oxygen atoms in total. The fourth-order valence-electron chi connectivity index (χ4n) is 2.31. The number of nitrogens with zero attached hydrogens (tertiary/aromatic N) is 4. The largest absolute Gasteiger partial charge is 0.374 e. The lowest BCUT2D eigenvalue weighted by Gasteiger charge is -2.30. The predicted molar refractivity (Wildman–Crippen MR) is 69.8 cm³/mol. The van der Waals surface area contributed by atoms with Crippen molar-refractivity contribution in [2.45, 2.75) is 12.6 Å². The van der Waals surface area contributed by atoms with Gasteiger partial charge in [0.25, 0.3) is 0 Å². The summed E-state index contributed by atoms with van der Waals surface area (Å²) in [5.41, 5.74) is 0.858. The van der Waals surface area contributed by atoms with Gasteiger partial charge in [0.1, 0.15) is 0 Å². The molecule has 1 saturated heterocycles. The van der Waals surface area contributed by atoms with Crippen molar-refractivity contribution in [2.75, 3.05) is 26.7 Å². The first-order valence-electron chi connectivity index (χ1n) is 6.00. The molecule has 1 aliphatic rings. The van der Waals surface area contributed by atoms with Crippen LogP contribution in [0.2, 0.25) is 5.15 Å². The van der Waals surface area contributed by atoms with Crippen molar-refractivity contribution < 1.29 is 4.74 Å². The maximum absolute atomic E-state index is 5.82. The molecular weight excluding hydrogens is 252 g/mol. The van der Waals surface area contributed by atoms with Gasteiger partial charge in [-0.05, 0) is 19.2 Å². The summed E-state index contributed by atoms with van der Waals surface area (Å²) in [4.78, 5) is 2.28. The Labute approximate surface area is 110 Å². The van der Waals surface area contributed by atoms with E-state index in [1.807, 2.05) is 18.3 Å². The Hall–Kier alpha value is -1.17. The minimum atomic E-state index is 0.205. The van der Waals surface area contributed by atoms with Crippen LogP contribution in [0.1, 0.15) is 0 Å². The molecule has 0 saturated carbocycles. The van der Waals surface area contributed by atoms with Gasteiger partial charge in [0.15, 0.2) is 10.8 Å². The standard InChI is InChI=1S/C12H15ClN4O/c1-16-4-5-18-10(7-16)8-17-3-2-9-6-11(13)14-15-12(9)17/h2-3,6,10H,4-5,7-8H2,1H3. The molecule has 0 amide bonds. The third-order valence-electron chi connectivity index (χ3n) is 3.22. The molecule has 96 valence electrons. The molecule has 0 aliphatic carbocycles. The van der Waals surface area contributed by atoms with E-state index in [0.29, 0.717) is 5.15 Å². The van der Waals surface area contributed by atoms with Crippen molar-refractivity contribution in [2.24, 2.45) is 0 Å². The van der Waals surface area contributed by atoms with E-state index >= 15 is 0 Å². The van der Waals surface area contributed by atoms with Gasteiger partial charge in [-0.2, -0.15) is 0 Å². The molecule has 3 rings (SSSR count). The second-order valence-electron chi connectivity index (χ2n) is 4.67. The van der Waals surface area contributed by atoms with Crippen molar-refractivity contribution in [1.29, 1.82) is 0 Å². The lowest BCUT2D eigenvalue weighted by molar-refractivity contribution is -0.0269. The second-order valence-corrected chi connectivity index (χ2v) is 5.06. The van der Waals surface area contributed by atoms with Crippen molar-refractivity contribution in [3.8, 4) is 0 Å². The van der Waals surface area contributed by atoms with E-state index in [4.69, 9.17) is 16.3 Å². The summed E-state index contributed by atoms with van der Waals surface area (Å²) in [6.07, 6.45) is 2.21. The van der Waals surface area contributed by atoms with Gasteiger partial charge in [0.05, 0.1) is 19.3 Å². The number of hydrogen-bond donors (Lipinski definition) is 0. The third-order valence-corrected chi connectivity index (χ3v) is 3.41. The van der Waals surface area contributed by atoms with Crippen LogP contribution >= 0.6 is 11.6 Å². The molecular formula is C12H15ClN4O. The molecule has 2 aromatic rings. The number of fused-ring (bicyclic) bond motifs is 1. The number of rotatable bonds is 2. The molecule has 6 heteroatoms. The molecule has 1 unspecified atom stereocenters. The summed E-state index contributed by atoms with van der Waals surface area (Å²) in [7, 11) is 2.11. The smallest absolute Gasteiger partial charge is 0.162 e. The molecule has 0 aromatic carbocycles. The fourth-order valence-corrected chi connectivity index (χ4v) is 2.46. The zero-order valence-corrected chi connectivity index (χ0v) is 11.0. The van der Waals surface area contributed by atoms with Crippen molar-refractivity contribution in [3.05, 3.63) is 23.5 Å². The molecule has 3 heterocycles. The Balaban J connectivity index is 1.82. The fraction of sp³-hybridized carbons (Fsp3) is 0.500. The molecule has 0 spiro atoms. The zero-order valence-electron chi connectivity index (χ0n) is 10.2. The van der Waals surface area contributed by atoms with E-state index in [2.05, 4.69) is 26.7 Å². The molecule has 0 radical (unpaired) electrons. The van der Waals surface area contributed by atoms with Crippen LogP contribution in [0.4, 0.5) is 0 Å². The average Bonchev–Trinajstić information content (AvgIpc) is 2.72. The molecule has 0 N–H and O–H groups in total. The zero-order chi connectivity index (χ0) is 12.5. The number of ether oxygens (including phenoxy) is 1. The number of morpholine rings is 1. The van der Waals surface area contributed by atoms with Crippen LogP contribution in [0.15, 0.2) is 18.3 Å². The lowest BCUT2D eigenvalue weighted by Crippen LogP contribution is -2.41. The Morgan fingerprint density at radius 2 is 2.39 bits per heavy atom. The van der Waals surface area contributed by atoms with Gasteiger partial charge in [0.2, 0.25) is 0 Å². The highest BCUT2D eigenvalue weighted by Crippen LogP contribution is 2.17. The van der Waals surface area contributed by atoms with E-state index in [-0.39, 0.29) is 6.10 Å². The monoisotopic (exact) mass is 266 g/mol. The van der Waals surface area contributed by atoms with Crippen LogP contribution in [0.25, 0.3) is 11.0 Å². The van der Waals surface area contributed by atoms with Crippen LogP contribution in [-0.2, 0) is 11.3 Å². The minimum absolute atomic E-state index is 0.205.